The molecular formula is C60H42N2O3. The highest BCUT2D eigenvalue weighted by molar-refractivity contribution is 6.30. The molecule has 0 aliphatic heterocycles. The maximum Gasteiger partial charge on any atom is 0.159 e. The van der Waals surface area contributed by atoms with Crippen molar-refractivity contribution in [1.29, 1.82) is 0 Å². The Bertz CT molecular complexity index is 3830. The van der Waals surface area contributed by atoms with Gasteiger partial charge >= 0.3 is 0 Å². The first-order valence-electron chi connectivity index (χ1n) is 22.2. The van der Waals surface area contributed by atoms with E-state index in [4.69, 9.17) is 13.3 Å². The summed E-state index contributed by atoms with van der Waals surface area (Å²) in [5.41, 5.74) is 15.8. The molecule has 0 N–H and O–H groups in total. The van der Waals surface area contributed by atoms with Crippen LogP contribution in [0.5, 0.6) is 0 Å². The van der Waals surface area contributed by atoms with Crippen molar-refractivity contribution in [2.24, 2.45) is 0 Å². The van der Waals surface area contributed by atoms with Crippen molar-refractivity contribution in [2.75, 3.05) is 9.80 Å². The number of fused-ring (bicyclic) bond motifs is 13. The van der Waals surface area contributed by atoms with Gasteiger partial charge in [-0.1, -0.05) is 133 Å². The van der Waals surface area contributed by atoms with Crippen LogP contribution in [0.25, 0.3) is 87.4 Å². The summed E-state index contributed by atoms with van der Waals surface area (Å²) in [5, 5.41) is 11.0. The Morgan fingerprint density at radius 1 is 0.277 bits per heavy atom. The normalized spacial score (nSPS) is 12.0. The number of furan rings is 3. The van der Waals surface area contributed by atoms with Crippen molar-refractivity contribution in [3.63, 3.8) is 0 Å². The minimum atomic E-state index is 0.806. The highest BCUT2D eigenvalue weighted by atomic mass is 16.3. The smallest absolute Gasteiger partial charge is 0.159 e. The molecule has 0 spiro atoms. The molecule has 0 unspecified atom stereocenters. The molecule has 0 aliphatic rings. The van der Waals surface area contributed by atoms with Gasteiger partial charge in [0.1, 0.15) is 22.3 Å². The third-order valence-electron chi connectivity index (χ3n) is 13.4. The lowest BCUT2D eigenvalue weighted by molar-refractivity contribution is 0.667. The second-order valence-electron chi connectivity index (χ2n) is 17.5. The fourth-order valence-corrected chi connectivity index (χ4v) is 10.3. The molecule has 0 fully saturated rings. The van der Waals surface area contributed by atoms with Gasteiger partial charge in [0.15, 0.2) is 11.2 Å². The van der Waals surface area contributed by atoms with E-state index in [1.165, 1.54) is 11.1 Å². The highest BCUT2D eigenvalue weighted by Crippen LogP contribution is 2.52. The number of hydrogen-bond acceptors (Lipinski definition) is 5. The molecule has 0 bridgehead atoms. The van der Waals surface area contributed by atoms with Crippen LogP contribution in [0.2, 0.25) is 0 Å². The highest BCUT2D eigenvalue weighted by Gasteiger charge is 2.28. The van der Waals surface area contributed by atoms with Crippen LogP contribution in [0.3, 0.4) is 0 Å². The van der Waals surface area contributed by atoms with E-state index < -0.39 is 0 Å². The molecule has 0 aliphatic carbocycles. The third kappa shape index (κ3) is 5.58. The predicted octanol–water partition coefficient (Wildman–Crippen LogP) is 17.9. The van der Waals surface area contributed by atoms with Crippen LogP contribution in [0.15, 0.2) is 195 Å². The Hall–Kier alpha value is -8.28. The van der Waals surface area contributed by atoms with Gasteiger partial charge in [-0.3, -0.25) is 0 Å². The zero-order valence-corrected chi connectivity index (χ0v) is 36.4. The summed E-state index contributed by atoms with van der Waals surface area (Å²) >= 11 is 0. The van der Waals surface area contributed by atoms with Gasteiger partial charge in [0, 0.05) is 66.6 Å². The Morgan fingerprint density at radius 3 is 1.11 bits per heavy atom. The van der Waals surface area contributed by atoms with Crippen LogP contribution in [0, 0.1) is 27.7 Å². The average Bonchev–Trinajstić information content (AvgIpc) is 4.04. The standard InChI is InChI=1S/C60H42N2O3/c1-35-27-29-37(3)49(31-35)61(47-23-13-21-45-41-17-9-11-25-53(41)64-59(45)47)51-33-55-57(43-19-7-5-15-39(43)51)58-44-20-8-6-16-40(44)52(34-56(58)63-55)62(50-32-36(2)28-30-38(50)4)48-24-14-22-46-42-18-10-12-26-54(42)65-60(46)48/h5-34H,1-4H3. The van der Waals surface area contributed by atoms with Crippen molar-refractivity contribution in [2.45, 2.75) is 27.7 Å². The van der Waals surface area contributed by atoms with Crippen LogP contribution in [0.4, 0.5) is 34.1 Å². The summed E-state index contributed by atoms with van der Waals surface area (Å²) in [7, 11) is 0. The molecule has 13 rings (SSSR count). The van der Waals surface area contributed by atoms with E-state index >= 15 is 0 Å². The van der Waals surface area contributed by atoms with Gasteiger partial charge in [0.25, 0.3) is 0 Å². The first-order chi connectivity index (χ1) is 31.9. The van der Waals surface area contributed by atoms with Gasteiger partial charge < -0.3 is 23.1 Å². The Morgan fingerprint density at radius 2 is 0.662 bits per heavy atom. The van der Waals surface area contributed by atoms with Crippen LogP contribution in [-0.2, 0) is 0 Å². The molecule has 3 heterocycles. The quantitative estimate of drug-likeness (QED) is 0.167. The van der Waals surface area contributed by atoms with E-state index in [1.54, 1.807) is 0 Å². The lowest BCUT2D eigenvalue weighted by atomic mass is 9.96. The lowest BCUT2D eigenvalue weighted by Gasteiger charge is -2.29. The van der Waals surface area contributed by atoms with Crippen molar-refractivity contribution in [3.8, 4) is 0 Å². The average molecular weight is 839 g/mol. The lowest BCUT2D eigenvalue weighted by Crippen LogP contribution is -2.12. The minimum absolute atomic E-state index is 0.806. The number of nitrogens with zero attached hydrogens (tertiary/aromatic N) is 2. The van der Waals surface area contributed by atoms with E-state index in [0.29, 0.717) is 0 Å². The molecule has 13 aromatic rings. The molecule has 5 nitrogen and oxygen atoms in total. The molecule has 3 aromatic heterocycles. The zero-order valence-electron chi connectivity index (χ0n) is 36.4. The summed E-state index contributed by atoms with van der Waals surface area (Å²) in [6.07, 6.45) is 0. The summed E-state index contributed by atoms with van der Waals surface area (Å²) in [4.78, 5) is 4.75. The predicted molar refractivity (Wildman–Crippen MR) is 272 cm³/mol. The fourth-order valence-electron chi connectivity index (χ4n) is 10.3. The number of aryl methyl sites for hydroxylation is 4. The summed E-state index contributed by atoms with van der Waals surface area (Å²) < 4.78 is 20.8. The van der Waals surface area contributed by atoms with Crippen molar-refractivity contribution in [1.82, 2.24) is 0 Å². The SMILES string of the molecule is Cc1ccc(C)c(N(c2cc3oc4cc(N(c5cc(C)ccc5C)c5cccc6c5oc5ccccc56)c5ccccc5c4c3c3ccccc23)c2cccc3c2oc2ccccc23)c1. The van der Waals surface area contributed by atoms with Gasteiger partial charge in [0.05, 0.1) is 22.7 Å². The van der Waals surface area contributed by atoms with Gasteiger partial charge in [-0.05, 0) is 97.1 Å². The number of para-hydroxylation sites is 4. The van der Waals surface area contributed by atoms with Crippen molar-refractivity contribution < 1.29 is 13.3 Å². The van der Waals surface area contributed by atoms with Crippen LogP contribution < -0.4 is 9.80 Å². The van der Waals surface area contributed by atoms with Crippen LogP contribution in [-0.4, -0.2) is 0 Å². The monoisotopic (exact) mass is 838 g/mol. The first kappa shape index (κ1) is 37.3. The van der Waals surface area contributed by atoms with Gasteiger partial charge in [-0.15, -0.1) is 0 Å². The Labute approximate surface area is 374 Å². The fraction of sp³-hybridized carbons (Fsp3) is 0.0667. The van der Waals surface area contributed by atoms with Gasteiger partial charge in [-0.25, -0.2) is 0 Å². The third-order valence-corrected chi connectivity index (χ3v) is 13.4. The molecule has 310 valence electrons. The molecule has 0 saturated heterocycles. The molecule has 0 amide bonds. The maximum absolute atomic E-state index is 7.27. The second-order valence-corrected chi connectivity index (χ2v) is 17.5. The molecule has 0 radical (unpaired) electrons. The molecule has 0 atom stereocenters. The Kier molecular flexibility index (Phi) is 8.10. The zero-order chi connectivity index (χ0) is 43.5. The molecule has 0 saturated carbocycles. The van der Waals surface area contributed by atoms with E-state index in [1.807, 2.05) is 24.3 Å². The van der Waals surface area contributed by atoms with Crippen molar-refractivity contribution >= 4 is 121 Å². The molecular weight excluding hydrogens is 797 g/mol. The van der Waals surface area contributed by atoms with E-state index in [-0.39, 0.29) is 0 Å². The van der Waals surface area contributed by atoms with E-state index in [9.17, 15) is 0 Å². The number of benzene rings is 10. The van der Waals surface area contributed by atoms with Crippen LogP contribution >= 0.6 is 0 Å². The first-order valence-corrected chi connectivity index (χ1v) is 22.2. The summed E-state index contributed by atoms with van der Waals surface area (Å²) in [6.45, 7) is 8.68. The summed E-state index contributed by atoms with van der Waals surface area (Å²) in [6, 6.07) is 64.9. The molecule has 5 heteroatoms. The van der Waals surface area contributed by atoms with Crippen LogP contribution in [0.1, 0.15) is 22.3 Å². The Balaban J connectivity index is 1.12. The largest absolute Gasteiger partial charge is 0.456 e. The topological polar surface area (TPSA) is 45.9 Å². The van der Waals surface area contributed by atoms with Gasteiger partial charge in [0.2, 0.25) is 0 Å². The van der Waals surface area contributed by atoms with Gasteiger partial charge in [-0.2, -0.15) is 0 Å². The molecule has 10 aromatic carbocycles. The van der Waals surface area contributed by atoms with E-state index in [0.717, 1.165) is 133 Å². The summed E-state index contributed by atoms with van der Waals surface area (Å²) in [5.74, 6) is 0. The number of anilines is 6. The second kappa shape index (κ2) is 14.1. The number of rotatable bonds is 6. The van der Waals surface area contributed by atoms with Crippen molar-refractivity contribution in [3.05, 3.63) is 204 Å². The van der Waals surface area contributed by atoms with E-state index in [2.05, 4.69) is 195 Å². The maximum atomic E-state index is 7.27. The molecule has 65 heavy (non-hydrogen) atoms. The number of hydrogen-bond donors (Lipinski definition) is 0. The minimum Gasteiger partial charge on any atom is -0.456 e.